The van der Waals surface area contributed by atoms with E-state index in [0.29, 0.717) is 6.54 Å². The van der Waals surface area contributed by atoms with Crippen molar-refractivity contribution in [2.24, 2.45) is 0 Å². The lowest BCUT2D eigenvalue weighted by molar-refractivity contribution is 0.576. The number of hydrogen-bond acceptors (Lipinski definition) is 3. The van der Waals surface area contributed by atoms with E-state index in [1.807, 2.05) is 41.1 Å². The van der Waals surface area contributed by atoms with Crippen molar-refractivity contribution >= 4 is 10.0 Å². The Labute approximate surface area is 113 Å². The molecular weight excluding hydrogens is 262 g/mol. The molecule has 6 heteroatoms. The second kappa shape index (κ2) is 5.99. The number of nitrogens with zero attached hydrogens (tertiary/aromatic N) is 2. The van der Waals surface area contributed by atoms with Crippen LogP contribution in [0.4, 0.5) is 0 Å². The zero-order chi connectivity index (χ0) is 13.7. The van der Waals surface area contributed by atoms with Crippen molar-refractivity contribution < 1.29 is 8.42 Å². The minimum atomic E-state index is -3.10. The quantitative estimate of drug-likeness (QED) is 0.815. The van der Waals surface area contributed by atoms with E-state index in [0.717, 1.165) is 24.4 Å². The lowest BCUT2D eigenvalue weighted by Gasteiger charge is -2.08. The van der Waals surface area contributed by atoms with Gasteiger partial charge in [-0.25, -0.2) is 18.1 Å². The van der Waals surface area contributed by atoms with Gasteiger partial charge in [0.15, 0.2) is 0 Å². The van der Waals surface area contributed by atoms with Gasteiger partial charge in [-0.15, -0.1) is 0 Å². The molecule has 2 rings (SSSR count). The maximum absolute atomic E-state index is 11.0. The van der Waals surface area contributed by atoms with Gasteiger partial charge < -0.3 is 4.57 Å². The molecule has 0 unspecified atom stereocenters. The summed E-state index contributed by atoms with van der Waals surface area (Å²) in [6.07, 6.45) is 5.55. The molecule has 0 fully saturated rings. The molecule has 102 valence electrons. The van der Waals surface area contributed by atoms with Crippen LogP contribution in [0, 0.1) is 0 Å². The lowest BCUT2D eigenvalue weighted by atomic mass is 10.2. The van der Waals surface area contributed by atoms with Crippen molar-refractivity contribution in [3.63, 3.8) is 0 Å². The number of sulfonamides is 1. The molecule has 0 spiro atoms. The third-order valence-corrected chi connectivity index (χ3v) is 3.42. The van der Waals surface area contributed by atoms with Crippen LogP contribution >= 0.6 is 0 Å². The van der Waals surface area contributed by atoms with Crippen molar-refractivity contribution in [3.05, 3.63) is 42.7 Å². The van der Waals surface area contributed by atoms with Crippen LogP contribution in [-0.4, -0.2) is 30.8 Å². The van der Waals surface area contributed by atoms with Gasteiger partial charge in [-0.2, -0.15) is 0 Å². The first-order chi connectivity index (χ1) is 9.06. The molecular formula is C13H17N3O2S. The summed E-state index contributed by atoms with van der Waals surface area (Å²) in [7, 11) is -3.10. The summed E-state index contributed by atoms with van der Waals surface area (Å²) in [5.41, 5.74) is 1.06. The minimum Gasteiger partial charge on any atom is -0.331 e. The summed E-state index contributed by atoms with van der Waals surface area (Å²) >= 11 is 0. The topological polar surface area (TPSA) is 64.0 Å². The molecule has 1 aromatic carbocycles. The molecule has 0 aliphatic carbocycles. The Bertz CT molecular complexity index is 620. The second-order valence-electron chi connectivity index (χ2n) is 4.33. The van der Waals surface area contributed by atoms with Gasteiger partial charge in [-0.1, -0.05) is 30.3 Å². The van der Waals surface area contributed by atoms with Gasteiger partial charge in [0.1, 0.15) is 5.82 Å². The van der Waals surface area contributed by atoms with E-state index in [9.17, 15) is 8.42 Å². The minimum absolute atomic E-state index is 0.436. The largest absolute Gasteiger partial charge is 0.331 e. The maximum atomic E-state index is 11.0. The molecule has 1 aromatic heterocycles. The summed E-state index contributed by atoms with van der Waals surface area (Å²) < 4.78 is 26.4. The van der Waals surface area contributed by atoms with Crippen LogP contribution in [0.2, 0.25) is 0 Å². The number of aryl methyl sites for hydroxylation is 1. The van der Waals surface area contributed by atoms with Gasteiger partial charge in [-0.05, 0) is 6.42 Å². The smallest absolute Gasteiger partial charge is 0.208 e. The summed E-state index contributed by atoms with van der Waals surface area (Å²) in [5, 5.41) is 0. The predicted octanol–water partition coefficient (Wildman–Crippen LogP) is 1.49. The Morgan fingerprint density at radius 1 is 1.26 bits per heavy atom. The molecule has 0 bridgehead atoms. The fourth-order valence-electron chi connectivity index (χ4n) is 1.84. The summed E-state index contributed by atoms with van der Waals surface area (Å²) in [6, 6.07) is 9.92. The first-order valence-corrected chi connectivity index (χ1v) is 7.96. The average Bonchev–Trinajstić information content (AvgIpc) is 2.83. The highest BCUT2D eigenvalue weighted by Gasteiger charge is 2.05. The van der Waals surface area contributed by atoms with Crippen LogP contribution in [0.15, 0.2) is 42.7 Å². The number of hydrogen-bond donors (Lipinski definition) is 1. The molecule has 5 nitrogen and oxygen atoms in total. The molecule has 0 atom stereocenters. The third-order valence-electron chi connectivity index (χ3n) is 2.69. The lowest BCUT2D eigenvalue weighted by Crippen LogP contribution is -2.23. The zero-order valence-corrected chi connectivity index (χ0v) is 11.6. The van der Waals surface area contributed by atoms with E-state index in [-0.39, 0.29) is 0 Å². The van der Waals surface area contributed by atoms with Gasteiger partial charge >= 0.3 is 0 Å². The summed E-state index contributed by atoms with van der Waals surface area (Å²) in [4.78, 5) is 4.34. The zero-order valence-electron chi connectivity index (χ0n) is 10.8. The van der Waals surface area contributed by atoms with Crippen LogP contribution in [0.5, 0.6) is 0 Å². The fraction of sp³-hybridized carbons (Fsp3) is 0.308. The van der Waals surface area contributed by atoms with Crippen LogP contribution in [0.1, 0.15) is 6.42 Å². The molecule has 19 heavy (non-hydrogen) atoms. The van der Waals surface area contributed by atoms with E-state index in [1.54, 1.807) is 6.20 Å². The van der Waals surface area contributed by atoms with Gasteiger partial charge in [0, 0.05) is 31.0 Å². The first-order valence-electron chi connectivity index (χ1n) is 6.07. The molecule has 1 heterocycles. The predicted molar refractivity (Wildman–Crippen MR) is 75.1 cm³/mol. The number of rotatable bonds is 6. The normalized spacial score (nSPS) is 11.6. The molecule has 0 saturated heterocycles. The number of imidazole rings is 1. The number of aromatic nitrogens is 2. The molecule has 0 aliphatic rings. The van der Waals surface area contributed by atoms with Crippen molar-refractivity contribution in [3.8, 4) is 11.4 Å². The van der Waals surface area contributed by atoms with Crippen LogP contribution < -0.4 is 4.72 Å². The van der Waals surface area contributed by atoms with E-state index in [2.05, 4.69) is 9.71 Å². The Kier molecular flexibility index (Phi) is 4.34. The van der Waals surface area contributed by atoms with Gasteiger partial charge in [-0.3, -0.25) is 0 Å². The van der Waals surface area contributed by atoms with E-state index < -0.39 is 10.0 Å². The van der Waals surface area contributed by atoms with Crippen LogP contribution in [0.3, 0.4) is 0 Å². The monoisotopic (exact) mass is 279 g/mol. The molecule has 0 saturated carbocycles. The highest BCUT2D eigenvalue weighted by Crippen LogP contribution is 2.16. The van der Waals surface area contributed by atoms with E-state index in [4.69, 9.17) is 0 Å². The van der Waals surface area contributed by atoms with Crippen molar-refractivity contribution in [1.29, 1.82) is 0 Å². The molecule has 0 aliphatic heterocycles. The van der Waals surface area contributed by atoms with Crippen LogP contribution in [0.25, 0.3) is 11.4 Å². The van der Waals surface area contributed by atoms with Crippen molar-refractivity contribution in [2.45, 2.75) is 13.0 Å². The highest BCUT2D eigenvalue weighted by molar-refractivity contribution is 7.88. The first kappa shape index (κ1) is 13.8. The van der Waals surface area contributed by atoms with E-state index >= 15 is 0 Å². The average molecular weight is 279 g/mol. The third kappa shape index (κ3) is 4.18. The maximum Gasteiger partial charge on any atom is 0.208 e. The Hall–Kier alpha value is -1.66. The van der Waals surface area contributed by atoms with Gasteiger partial charge in [0.2, 0.25) is 10.0 Å². The van der Waals surface area contributed by atoms with Crippen molar-refractivity contribution in [1.82, 2.24) is 14.3 Å². The molecule has 0 amide bonds. The summed E-state index contributed by atoms with van der Waals surface area (Å²) in [6.45, 7) is 1.16. The van der Waals surface area contributed by atoms with Crippen LogP contribution in [-0.2, 0) is 16.6 Å². The van der Waals surface area contributed by atoms with Gasteiger partial charge in [0.25, 0.3) is 0 Å². The standard InChI is InChI=1S/C13H17N3O2S/c1-19(17,18)15-8-5-10-16-11-9-14-13(16)12-6-3-2-4-7-12/h2-4,6-7,9,11,15H,5,8,10H2,1H3. The molecule has 0 radical (unpaired) electrons. The summed E-state index contributed by atoms with van der Waals surface area (Å²) in [5.74, 6) is 0.903. The molecule has 2 aromatic rings. The SMILES string of the molecule is CS(=O)(=O)NCCCn1ccnc1-c1ccccc1. The number of benzene rings is 1. The highest BCUT2D eigenvalue weighted by atomic mass is 32.2. The fourth-order valence-corrected chi connectivity index (χ4v) is 2.36. The molecule has 1 N–H and O–H groups in total. The second-order valence-corrected chi connectivity index (χ2v) is 6.16. The Morgan fingerprint density at radius 3 is 2.68 bits per heavy atom. The Morgan fingerprint density at radius 2 is 2.00 bits per heavy atom. The Balaban J connectivity index is 1.97. The van der Waals surface area contributed by atoms with Gasteiger partial charge in [0.05, 0.1) is 6.26 Å². The number of nitrogens with one attached hydrogen (secondary N) is 1. The van der Waals surface area contributed by atoms with E-state index in [1.165, 1.54) is 6.26 Å². The van der Waals surface area contributed by atoms with Crippen molar-refractivity contribution in [2.75, 3.05) is 12.8 Å².